The van der Waals surface area contributed by atoms with Crippen LogP contribution in [0.25, 0.3) is 0 Å². The zero-order valence-corrected chi connectivity index (χ0v) is 10.9. The smallest absolute Gasteiger partial charge is 0.120 e. The first-order valence-corrected chi connectivity index (χ1v) is 6.21. The number of para-hydroxylation sites is 1. The summed E-state index contributed by atoms with van der Waals surface area (Å²) < 4.78 is 0. The third-order valence-electron chi connectivity index (χ3n) is 3.25. The molecule has 0 radical (unpaired) electrons. The van der Waals surface area contributed by atoms with Crippen LogP contribution in [0.1, 0.15) is 22.3 Å². The minimum Gasteiger partial charge on any atom is -0.508 e. The van der Waals surface area contributed by atoms with Gasteiger partial charge in [-0.1, -0.05) is 36.4 Å². The fraction of sp³-hybridized carbons (Fsp3) is 0.250. The van der Waals surface area contributed by atoms with Crippen LogP contribution in [0.15, 0.2) is 42.5 Å². The third-order valence-corrected chi connectivity index (χ3v) is 3.25. The Hall–Kier alpha value is -1.80. The van der Waals surface area contributed by atoms with Crippen molar-refractivity contribution in [2.24, 2.45) is 0 Å². The molecule has 0 saturated carbocycles. The molecule has 0 aliphatic carbocycles. The van der Waals surface area contributed by atoms with Crippen molar-refractivity contribution in [2.75, 3.05) is 0 Å². The van der Waals surface area contributed by atoms with Gasteiger partial charge in [0.25, 0.3) is 0 Å². The number of rotatable bonds is 4. The minimum atomic E-state index is 0.353. The second-order valence-electron chi connectivity index (χ2n) is 4.60. The highest BCUT2D eigenvalue weighted by Gasteiger charge is 2.03. The molecule has 2 nitrogen and oxygen atoms in total. The van der Waals surface area contributed by atoms with Crippen LogP contribution in [0.5, 0.6) is 5.75 Å². The Labute approximate surface area is 108 Å². The Morgan fingerprint density at radius 2 is 1.56 bits per heavy atom. The van der Waals surface area contributed by atoms with Crippen molar-refractivity contribution in [3.63, 3.8) is 0 Å². The average molecular weight is 241 g/mol. The molecule has 0 fully saturated rings. The largest absolute Gasteiger partial charge is 0.508 e. The van der Waals surface area contributed by atoms with Crippen LogP contribution in [-0.2, 0) is 13.1 Å². The molecule has 0 unspecified atom stereocenters. The van der Waals surface area contributed by atoms with Gasteiger partial charge in [-0.3, -0.25) is 0 Å². The molecule has 2 aromatic rings. The molecule has 0 amide bonds. The van der Waals surface area contributed by atoms with E-state index in [1.54, 1.807) is 6.07 Å². The summed E-state index contributed by atoms with van der Waals surface area (Å²) in [7, 11) is 0. The van der Waals surface area contributed by atoms with Crippen LogP contribution in [0.4, 0.5) is 0 Å². The topological polar surface area (TPSA) is 32.3 Å². The van der Waals surface area contributed by atoms with E-state index in [0.29, 0.717) is 12.3 Å². The number of phenolic OH excluding ortho intramolecular Hbond substituents is 1. The zero-order valence-electron chi connectivity index (χ0n) is 10.9. The first kappa shape index (κ1) is 12.7. The van der Waals surface area contributed by atoms with Crippen molar-refractivity contribution in [3.8, 4) is 5.75 Å². The zero-order chi connectivity index (χ0) is 13.0. The van der Waals surface area contributed by atoms with Crippen molar-refractivity contribution in [1.29, 1.82) is 0 Å². The molecule has 94 valence electrons. The third kappa shape index (κ3) is 2.90. The summed E-state index contributed by atoms with van der Waals surface area (Å²) >= 11 is 0. The van der Waals surface area contributed by atoms with E-state index in [1.165, 1.54) is 16.7 Å². The molecule has 0 heterocycles. The van der Waals surface area contributed by atoms with E-state index in [1.807, 2.05) is 18.2 Å². The van der Waals surface area contributed by atoms with Gasteiger partial charge in [-0.15, -0.1) is 0 Å². The van der Waals surface area contributed by atoms with E-state index in [0.717, 1.165) is 12.1 Å². The Morgan fingerprint density at radius 1 is 0.889 bits per heavy atom. The highest BCUT2D eigenvalue weighted by atomic mass is 16.3. The maximum absolute atomic E-state index is 9.68. The highest BCUT2D eigenvalue weighted by molar-refractivity contribution is 5.34. The molecule has 0 atom stereocenters. The van der Waals surface area contributed by atoms with Gasteiger partial charge in [0.05, 0.1) is 0 Å². The van der Waals surface area contributed by atoms with E-state index in [-0.39, 0.29) is 0 Å². The quantitative estimate of drug-likeness (QED) is 0.860. The first-order valence-electron chi connectivity index (χ1n) is 6.21. The lowest BCUT2D eigenvalue weighted by Crippen LogP contribution is -2.14. The number of nitrogens with one attached hydrogen (secondary N) is 1. The summed E-state index contributed by atoms with van der Waals surface area (Å²) in [4.78, 5) is 0. The normalized spacial score (nSPS) is 10.6. The van der Waals surface area contributed by atoms with Crippen LogP contribution >= 0.6 is 0 Å². The molecule has 0 spiro atoms. The predicted octanol–water partition coefficient (Wildman–Crippen LogP) is 3.30. The van der Waals surface area contributed by atoms with E-state index < -0.39 is 0 Å². The predicted molar refractivity (Wildman–Crippen MR) is 74.6 cm³/mol. The van der Waals surface area contributed by atoms with Crippen molar-refractivity contribution in [3.05, 3.63) is 64.7 Å². The summed E-state index contributed by atoms with van der Waals surface area (Å²) in [5.74, 6) is 0.353. The Balaban J connectivity index is 1.99. The Kier molecular flexibility index (Phi) is 4.00. The van der Waals surface area contributed by atoms with E-state index in [2.05, 4.69) is 37.4 Å². The van der Waals surface area contributed by atoms with Gasteiger partial charge in [0.15, 0.2) is 0 Å². The number of aromatic hydroxyl groups is 1. The molecule has 0 aliphatic rings. The number of hydrogen-bond acceptors (Lipinski definition) is 2. The van der Waals surface area contributed by atoms with Gasteiger partial charge in [0.1, 0.15) is 5.75 Å². The van der Waals surface area contributed by atoms with E-state index in [4.69, 9.17) is 0 Å². The molecule has 2 heteroatoms. The fourth-order valence-corrected chi connectivity index (χ4v) is 2.11. The van der Waals surface area contributed by atoms with Gasteiger partial charge in [0, 0.05) is 18.7 Å². The van der Waals surface area contributed by atoms with Gasteiger partial charge < -0.3 is 10.4 Å². The standard InChI is InChI=1S/C16H19NO/c1-12-6-5-7-13(2)15(12)11-17-10-14-8-3-4-9-16(14)18/h3-9,17-18H,10-11H2,1-2H3. The summed E-state index contributed by atoms with van der Waals surface area (Å²) in [6.07, 6.45) is 0. The monoisotopic (exact) mass is 241 g/mol. The number of benzene rings is 2. The van der Waals surface area contributed by atoms with Crippen molar-refractivity contribution in [1.82, 2.24) is 5.32 Å². The number of phenols is 1. The van der Waals surface area contributed by atoms with Gasteiger partial charge in [-0.05, 0) is 36.6 Å². The second kappa shape index (κ2) is 5.69. The summed E-state index contributed by atoms with van der Waals surface area (Å²) in [6, 6.07) is 13.8. The number of aryl methyl sites for hydroxylation is 2. The minimum absolute atomic E-state index is 0.353. The van der Waals surface area contributed by atoms with Crippen LogP contribution in [0.2, 0.25) is 0 Å². The van der Waals surface area contributed by atoms with Gasteiger partial charge in [0.2, 0.25) is 0 Å². The molecule has 2 N–H and O–H groups in total. The van der Waals surface area contributed by atoms with Crippen LogP contribution in [0, 0.1) is 13.8 Å². The van der Waals surface area contributed by atoms with Gasteiger partial charge >= 0.3 is 0 Å². The van der Waals surface area contributed by atoms with E-state index >= 15 is 0 Å². The maximum atomic E-state index is 9.68. The fourth-order valence-electron chi connectivity index (χ4n) is 2.11. The van der Waals surface area contributed by atoms with E-state index in [9.17, 15) is 5.11 Å². The maximum Gasteiger partial charge on any atom is 0.120 e. The van der Waals surface area contributed by atoms with Gasteiger partial charge in [-0.2, -0.15) is 0 Å². The lowest BCUT2D eigenvalue weighted by atomic mass is 10.0. The summed E-state index contributed by atoms with van der Waals surface area (Å²) in [6.45, 7) is 5.77. The summed E-state index contributed by atoms with van der Waals surface area (Å²) in [5, 5.41) is 13.1. The molecule has 0 aliphatic heterocycles. The summed E-state index contributed by atoms with van der Waals surface area (Å²) in [5.41, 5.74) is 4.89. The van der Waals surface area contributed by atoms with Crippen molar-refractivity contribution >= 4 is 0 Å². The second-order valence-corrected chi connectivity index (χ2v) is 4.60. The highest BCUT2D eigenvalue weighted by Crippen LogP contribution is 2.16. The van der Waals surface area contributed by atoms with Crippen LogP contribution in [0.3, 0.4) is 0 Å². The lowest BCUT2D eigenvalue weighted by Gasteiger charge is -2.11. The van der Waals surface area contributed by atoms with Crippen molar-refractivity contribution < 1.29 is 5.11 Å². The van der Waals surface area contributed by atoms with Gasteiger partial charge in [-0.25, -0.2) is 0 Å². The average Bonchev–Trinajstić information content (AvgIpc) is 2.35. The molecule has 0 bridgehead atoms. The Bertz CT molecular complexity index is 514. The molecular weight excluding hydrogens is 222 g/mol. The van der Waals surface area contributed by atoms with Crippen molar-refractivity contribution in [2.45, 2.75) is 26.9 Å². The number of hydrogen-bond donors (Lipinski definition) is 2. The molecule has 0 saturated heterocycles. The Morgan fingerprint density at radius 3 is 2.22 bits per heavy atom. The SMILES string of the molecule is Cc1cccc(C)c1CNCc1ccccc1O. The molecule has 18 heavy (non-hydrogen) atoms. The van der Waals surface area contributed by atoms with Crippen LogP contribution < -0.4 is 5.32 Å². The lowest BCUT2D eigenvalue weighted by molar-refractivity contribution is 0.464. The molecule has 2 rings (SSSR count). The molecule has 2 aromatic carbocycles. The molecule has 0 aromatic heterocycles. The first-order chi connectivity index (χ1) is 8.68. The van der Waals surface area contributed by atoms with Crippen LogP contribution in [-0.4, -0.2) is 5.11 Å². The molecular formula is C16H19NO.